The van der Waals surface area contributed by atoms with Crippen molar-refractivity contribution in [3.63, 3.8) is 0 Å². The summed E-state index contributed by atoms with van der Waals surface area (Å²) in [6, 6.07) is 1.86. The zero-order chi connectivity index (χ0) is 20.1. The van der Waals surface area contributed by atoms with E-state index in [1.54, 1.807) is 16.5 Å². The molecule has 150 valence electrons. The monoisotopic (exact) mass is 423 g/mol. The van der Waals surface area contributed by atoms with Gasteiger partial charge < -0.3 is 14.4 Å². The summed E-state index contributed by atoms with van der Waals surface area (Å²) in [5.74, 6) is -0.388. The number of thiophene rings is 1. The molecule has 0 N–H and O–H groups in total. The molecule has 2 saturated heterocycles. The van der Waals surface area contributed by atoms with Crippen molar-refractivity contribution in [2.45, 2.75) is 23.9 Å². The Labute approximate surface area is 167 Å². The van der Waals surface area contributed by atoms with Gasteiger partial charge in [0.05, 0.1) is 24.1 Å². The highest BCUT2D eigenvalue weighted by molar-refractivity contribution is 7.89. The Hall–Kier alpha value is -2.24. The molecule has 4 heterocycles. The molecule has 2 aromatic rings. The van der Waals surface area contributed by atoms with Gasteiger partial charge in [0, 0.05) is 38.6 Å². The number of aromatic nitrogens is 2. The number of hydrogen-bond donors (Lipinski definition) is 0. The van der Waals surface area contributed by atoms with Crippen LogP contribution >= 0.6 is 11.3 Å². The highest BCUT2D eigenvalue weighted by Crippen LogP contribution is 2.36. The van der Waals surface area contributed by atoms with Crippen LogP contribution in [0, 0.1) is 0 Å². The lowest BCUT2D eigenvalue weighted by molar-refractivity contribution is -0.142. The number of amides is 2. The highest BCUT2D eigenvalue weighted by Gasteiger charge is 2.52. The van der Waals surface area contributed by atoms with Crippen LogP contribution in [0.3, 0.4) is 0 Å². The Morgan fingerprint density at radius 1 is 1.32 bits per heavy atom. The largest absolute Gasteiger partial charge is 0.339 e. The Bertz CT molecular complexity index is 1020. The first-order valence-corrected chi connectivity index (χ1v) is 11.2. The SMILES string of the molecule is CC(=O)N1CC(=O)N(c2ccsc2)CC12CCN(S(=O)(=O)c1cn(C)cn1)C2. The molecule has 0 aromatic carbocycles. The average molecular weight is 424 g/mol. The zero-order valence-corrected chi connectivity index (χ0v) is 17.2. The highest BCUT2D eigenvalue weighted by atomic mass is 32.2. The fourth-order valence-electron chi connectivity index (χ4n) is 3.98. The molecule has 2 aromatic heterocycles. The van der Waals surface area contributed by atoms with Gasteiger partial charge in [-0.05, 0) is 17.9 Å². The molecule has 1 unspecified atom stereocenters. The van der Waals surface area contributed by atoms with Gasteiger partial charge in [0.1, 0.15) is 6.54 Å². The maximum Gasteiger partial charge on any atom is 0.262 e. The molecule has 28 heavy (non-hydrogen) atoms. The van der Waals surface area contributed by atoms with E-state index in [1.165, 1.54) is 40.0 Å². The fraction of sp³-hybridized carbons (Fsp3) is 0.471. The number of carbonyl (C=O) groups excluding carboxylic acids is 2. The molecule has 0 aliphatic carbocycles. The van der Waals surface area contributed by atoms with Crippen molar-refractivity contribution >= 4 is 38.9 Å². The van der Waals surface area contributed by atoms with E-state index < -0.39 is 15.6 Å². The molecule has 11 heteroatoms. The van der Waals surface area contributed by atoms with E-state index >= 15 is 0 Å². The Morgan fingerprint density at radius 3 is 2.71 bits per heavy atom. The molecule has 1 atom stereocenters. The second-order valence-electron chi connectivity index (χ2n) is 7.26. The third-order valence-corrected chi connectivity index (χ3v) is 7.80. The third-order valence-electron chi connectivity index (χ3n) is 5.40. The van der Waals surface area contributed by atoms with Crippen molar-refractivity contribution < 1.29 is 18.0 Å². The van der Waals surface area contributed by atoms with Crippen molar-refractivity contribution in [2.75, 3.05) is 31.1 Å². The number of rotatable bonds is 3. The molecular weight excluding hydrogens is 402 g/mol. The molecule has 0 radical (unpaired) electrons. The van der Waals surface area contributed by atoms with Gasteiger partial charge in [-0.3, -0.25) is 9.59 Å². The van der Waals surface area contributed by atoms with Crippen LogP contribution in [-0.2, 0) is 26.7 Å². The number of aryl methyl sites for hydroxylation is 1. The quantitative estimate of drug-likeness (QED) is 0.717. The van der Waals surface area contributed by atoms with Gasteiger partial charge in [0.25, 0.3) is 10.0 Å². The van der Waals surface area contributed by atoms with Gasteiger partial charge in [-0.15, -0.1) is 0 Å². The van der Waals surface area contributed by atoms with Gasteiger partial charge in [-0.2, -0.15) is 15.6 Å². The van der Waals surface area contributed by atoms with Crippen LogP contribution in [0.5, 0.6) is 0 Å². The molecule has 2 amide bonds. The molecule has 2 fully saturated rings. The predicted molar refractivity (Wildman–Crippen MR) is 103 cm³/mol. The van der Waals surface area contributed by atoms with E-state index in [0.29, 0.717) is 6.42 Å². The van der Waals surface area contributed by atoms with E-state index in [9.17, 15) is 18.0 Å². The summed E-state index contributed by atoms with van der Waals surface area (Å²) in [6.45, 7) is 2.05. The Kier molecular flexibility index (Phi) is 4.55. The van der Waals surface area contributed by atoms with Crippen molar-refractivity contribution in [3.8, 4) is 0 Å². The number of carbonyl (C=O) groups is 2. The van der Waals surface area contributed by atoms with Gasteiger partial charge in [-0.1, -0.05) is 0 Å². The number of hydrogen-bond acceptors (Lipinski definition) is 6. The summed E-state index contributed by atoms with van der Waals surface area (Å²) in [6.07, 6.45) is 3.37. The summed E-state index contributed by atoms with van der Waals surface area (Å²) in [5, 5.41) is 3.76. The minimum Gasteiger partial charge on any atom is -0.339 e. The molecule has 4 rings (SSSR count). The van der Waals surface area contributed by atoms with Gasteiger partial charge in [-0.25, -0.2) is 13.4 Å². The smallest absolute Gasteiger partial charge is 0.262 e. The Morgan fingerprint density at radius 2 is 2.11 bits per heavy atom. The molecule has 0 bridgehead atoms. The maximum atomic E-state index is 13.0. The van der Waals surface area contributed by atoms with E-state index in [4.69, 9.17) is 0 Å². The minimum atomic E-state index is -3.77. The summed E-state index contributed by atoms with van der Waals surface area (Å²) >= 11 is 1.49. The van der Waals surface area contributed by atoms with Gasteiger partial charge >= 0.3 is 0 Å². The van der Waals surface area contributed by atoms with Gasteiger partial charge in [0.15, 0.2) is 5.03 Å². The van der Waals surface area contributed by atoms with Crippen LogP contribution < -0.4 is 4.90 Å². The summed E-state index contributed by atoms with van der Waals surface area (Å²) in [7, 11) is -2.06. The third kappa shape index (κ3) is 3.03. The van der Waals surface area contributed by atoms with Crippen LogP contribution in [0.25, 0.3) is 0 Å². The van der Waals surface area contributed by atoms with Crippen LogP contribution in [0.4, 0.5) is 5.69 Å². The van der Waals surface area contributed by atoms with E-state index in [0.717, 1.165) is 5.69 Å². The van der Waals surface area contributed by atoms with Crippen LogP contribution in [0.15, 0.2) is 34.4 Å². The summed E-state index contributed by atoms with van der Waals surface area (Å²) < 4.78 is 28.9. The van der Waals surface area contributed by atoms with Crippen LogP contribution in [-0.4, -0.2) is 70.7 Å². The molecule has 2 aliphatic rings. The number of anilines is 1. The number of nitrogens with zero attached hydrogens (tertiary/aromatic N) is 5. The first kappa shape index (κ1) is 19.1. The lowest BCUT2D eigenvalue weighted by Gasteiger charge is -2.47. The van der Waals surface area contributed by atoms with Crippen molar-refractivity contribution in [1.29, 1.82) is 0 Å². The van der Waals surface area contributed by atoms with Gasteiger partial charge in [0.2, 0.25) is 11.8 Å². The normalized spacial score (nSPS) is 23.7. The van der Waals surface area contributed by atoms with E-state index in [1.807, 2.05) is 16.8 Å². The summed E-state index contributed by atoms with van der Waals surface area (Å²) in [5.41, 5.74) is 0.0346. The number of imidazole rings is 1. The van der Waals surface area contributed by atoms with Crippen LogP contribution in [0.1, 0.15) is 13.3 Å². The maximum absolute atomic E-state index is 13.0. The van der Waals surface area contributed by atoms with E-state index in [2.05, 4.69) is 4.98 Å². The molecule has 1 spiro atoms. The van der Waals surface area contributed by atoms with Crippen LogP contribution in [0.2, 0.25) is 0 Å². The standard InChI is InChI=1S/C17H21N5O4S2/c1-13(23)22-8-16(24)21(14-3-6-27-9-14)11-17(22)4-5-20(10-17)28(25,26)15-7-19(2)12-18-15/h3,6-7,9,12H,4-5,8,10-11H2,1-2H3. The Balaban J connectivity index is 1.66. The van der Waals surface area contributed by atoms with E-state index in [-0.39, 0.29) is 43.0 Å². The molecule has 9 nitrogen and oxygen atoms in total. The number of piperazine rings is 1. The van der Waals surface area contributed by atoms with Crippen molar-refractivity contribution in [2.24, 2.45) is 7.05 Å². The second-order valence-corrected chi connectivity index (χ2v) is 9.92. The first-order chi connectivity index (χ1) is 13.2. The topological polar surface area (TPSA) is 95.8 Å². The summed E-state index contributed by atoms with van der Waals surface area (Å²) in [4.78, 5) is 32.1. The molecular formula is C17H21N5O4S2. The number of sulfonamides is 1. The average Bonchev–Trinajstić information content (AvgIpc) is 3.38. The molecule has 2 aliphatic heterocycles. The van der Waals surface area contributed by atoms with Crippen molar-refractivity contribution in [1.82, 2.24) is 18.8 Å². The zero-order valence-electron chi connectivity index (χ0n) is 15.6. The lowest BCUT2D eigenvalue weighted by Crippen LogP contribution is -2.66. The first-order valence-electron chi connectivity index (χ1n) is 8.82. The minimum absolute atomic E-state index is 0.0111. The van der Waals surface area contributed by atoms with Crippen molar-refractivity contribution in [3.05, 3.63) is 29.4 Å². The second kappa shape index (κ2) is 6.68. The predicted octanol–water partition coefficient (Wildman–Crippen LogP) is 0.510. The molecule has 0 saturated carbocycles. The fourth-order valence-corrected chi connectivity index (χ4v) is 6.10. The lowest BCUT2D eigenvalue weighted by atomic mass is 9.92.